The van der Waals surface area contributed by atoms with E-state index in [1.54, 1.807) is 0 Å². The minimum atomic E-state index is -0.208. The molecule has 0 heterocycles. The van der Waals surface area contributed by atoms with Crippen molar-refractivity contribution >= 4 is 5.78 Å². The predicted molar refractivity (Wildman–Crippen MR) is 79.3 cm³/mol. The van der Waals surface area contributed by atoms with Gasteiger partial charge in [-0.05, 0) is 43.2 Å². The Kier molecular flexibility index (Phi) is 3.75. The molecule has 106 valence electrons. The van der Waals surface area contributed by atoms with Crippen molar-refractivity contribution in [2.24, 2.45) is 11.3 Å². The Morgan fingerprint density at radius 3 is 2.75 bits per heavy atom. The molecule has 2 atom stereocenters. The van der Waals surface area contributed by atoms with Crippen molar-refractivity contribution in [1.29, 1.82) is 0 Å². The normalized spacial score (nSPS) is 29.8. The zero-order chi connectivity index (χ0) is 14.0. The molecular weight excluding hydrogens is 248 g/mol. The van der Waals surface area contributed by atoms with Gasteiger partial charge in [0.25, 0.3) is 0 Å². The van der Waals surface area contributed by atoms with Crippen LogP contribution in [0.3, 0.4) is 0 Å². The van der Waals surface area contributed by atoms with Crippen molar-refractivity contribution in [1.82, 2.24) is 0 Å². The average Bonchev–Trinajstić information content (AvgIpc) is 2.49. The highest BCUT2D eigenvalue weighted by Crippen LogP contribution is 2.49. The molecule has 2 aliphatic rings. The Morgan fingerprint density at radius 2 is 2.00 bits per heavy atom. The van der Waals surface area contributed by atoms with Crippen LogP contribution in [-0.4, -0.2) is 17.5 Å². The molecule has 0 bridgehead atoms. The summed E-state index contributed by atoms with van der Waals surface area (Å²) in [5.74, 6) is 0.751. The molecule has 1 fully saturated rings. The molecule has 1 aromatic carbocycles. The van der Waals surface area contributed by atoms with E-state index in [0.29, 0.717) is 12.3 Å². The second-order valence-electron chi connectivity index (χ2n) is 6.29. The smallest absolute Gasteiger partial charge is 0.155 e. The molecule has 2 heteroatoms. The van der Waals surface area contributed by atoms with Crippen molar-refractivity contribution in [2.75, 3.05) is 6.61 Å². The molecule has 0 aromatic heterocycles. The Hall–Kier alpha value is -1.41. The minimum Gasteiger partial charge on any atom is -0.395 e. The van der Waals surface area contributed by atoms with Crippen LogP contribution < -0.4 is 0 Å². The van der Waals surface area contributed by atoms with Crippen LogP contribution in [0.1, 0.15) is 37.7 Å². The summed E-state index contributed by atoms with van der Waals surface area (Å²) >= 11 is 0. The van der Waals surface area contributed by atoms with Crippen LogP contribution in [0, 0.1) is 11.3 Å². The van der Waals surface area contributed by atoms with Gasteiger partial charge in [-0.2, -0.15) is 0 Å². The number of carbonyl (C=O) groups is 1. The summed E-state index contributed by atoms with van der Waals surface area (Å²) in [6.07, 6.45) is 7.68. The van der Waals surface area contributed by atoms with Gasteiger partial charge >= 0.3 is 0 Å². The molecule has 1 N–H and O–H groups in total. The third-order valence-corrected chi connectivity index (χ3v) is 5.00. The number of aliphatic hydroxyl groups excluding tert-OH is 1. The summed E-state index contributed by atoms with van der Waals surface area (Å²) in [6, 6.07) is 10.3. The second kappa shape index (κ2) is 5.53. The van der Waals surface area contributed by atoms with Gasteiger partial charge in [-0.3, -0.25) is 4.79 Å². The first-order valence-corrected chi connectivity index (χ1v) is 7.63. The van der Waals surface area contributed by atoms with Crippen LogP contribution in [0.25, 0.3) is 0 Å². The van der Waals surface area contributed by atoms with Gasteiger partial charge in [0.05, 0.1) is 6.61 Å². The number of rotatable bonds is 3. The molecule has 3 rings (SSSR count). The number of allylic oxidation sites excluding steroid dienone is 1. The lowest BCUT2D eigenvalue weighted by molar-refractivity contribution is -0.115. The van der Waals surface area contributed by atoms with E-state index in [4.69, 9.17) is 0 Å². The first-order valence-electron chi connectivity index (χ1n) is 7.63. The fraction of sp³-hybridized carbons (Fsp3) is 0.500. The topological polar surface area (TPSA) is 37.3 Å². The summed E-state index contributed by atoms with van der Waals surface area (Å²) in [7, 11) is 0. The van der Waals surface area contributed by atoms with Crippen LogP contribution in [0.4, 0.5) is 0 Å². The van der Waals surface area contributed by atoms with Crippen LogP contribution in [-0.2, 0) is 11.2 Å². The average molecular weight is 270 g/mol. The summed E-state index contributed by atoms with van der Waals surface area (Å²) in [5, 5.41) is 10.1. The molecule has 0 radical (unpaired) electrons. The van der Waals surface area contributed by atoms with Crippen molar-refractivity contribution < 1.29 is 9.90 Å². The van der Waals surface area contributed by atoms with Gasteiger partial charge in [0, 0.05) is 11.8 Å². The maximum absolute atomic E-state index is 11.8. The maximum atomic E-state index is 11.8. The Morgan fingerprint density at radius 1 is 1.20 bits per heavy atom. The van der Waals surface area contributed by atoms with E-state index >= 15 is 0 Å². The quantitative estimate of drug-likeness (QED) is 0.915. The molecule has 0 aliphatic heterocycles. The fourth-order valence-electron chi connectivity index (χ4n) is 3.96. The van der Waals surface area contributed by atoms with Gasteiger partial charge in [-0.1, -0.05) is 42.3 Å². The minimum absolute atomic E-state index is 0.150. The van der Waals surface area contributed by atoms with Crippen molar-refractivity contribution in [3.05, 3.63) is 47.5 Å². The predicted octanol–water partition coefficient (Wildman–Crippen LogP) is 3.30. The summed E-state index contributed by atoms with van der Waals surface area (Å²) in [5.41, 5.74) is 2.27. The number of benzene rings is 1. The van der Waals surface area contributed by atoms with E-state index in [9.17, 15) is 9.90 Å². The van der Waals surface area contributed by atoms with Gasteiger partial charge in [0.1, 0.15) is 0 Å². The number of aliphatic hydroxyl groups is 1. The molecule has 2 unspecified atom stereocenters. The highest BCUT2D eigenvalue weighted by atomic mass is 16.3. The molecule has 1 aromatic rings. The van der Waals surface area contributed by atoms with Crippen LogP contribution in [0.5, 0.6) is 0 Å². The summed E-state index contributed by atoms with van der Waals surface area (Å²) in [6.45, 7) is 0.150. The van der Waals surface area contributed by atoms with Crippen molar-refractivity contribution in [3.8, 4) is 0 Å². The van der Waals surface area contributed by atoms with E-state index in [2.05, 4.69) is 12.1 Å². The van der Waals surface area contributed by atoms with E-state index in [-0.39, 0.29) is 17.8 Å². The summed E-state index contributed by atoms with van der Waals surface area (Å²) in [4.78, 5) is 11.8. The molecule has 0 spiro atoms. The van der Waals surface area contributed by atoms with Gasteiger partial charge in [0.15, 0.2) is 5.78 Å². The highest BCUT2D eigenvalue weighted by Gasteiger charge is 2.42. The number of carbonyl (C=O) groups excluding carboxylic acids is 1. The molecular formula is C18H22O2. The molecule has 1 saturated carbocycles. The van der Waals surface area contributed by atoms with Crippen LogP contribution in [0.15, 0.2) is 42.0 Å². The molecule has 0 amide bonds. The SMILES string of the molecule is O=C1C=C2C(CCCC2(CO)Cc2ccccc2)CC1. The monoisotopic (exact) mass is 270 g/mol. The zero-order valence-electron chi connectivity index (χ0n) is 11.8. The third kappa shape index (κ3) is 2.45. The van der Waals surface area contributed by atoms with Gasteiger partial charge in [-0.15, -0.1) is 0 Å². The second-order valence-corrected chi connectivity index (χ2v) is 6.29. The Labute approximate surface area is 120 Å². The molecule has 0 saturated heterocycles. The van der Waals surface area contributed by atoms with Crippen molar-refractivity contribution in [2.45, 2.75) is 38.5 Å². The number of ketones is 1. The first-order chi connectivity index (χ1) is 9.73. The van der Waals surface area contributed by atoms with E-state index in [0.717, 1.165) is 25.7 Å². The maximum Gasteiger partial charge on any atom is 0.155 e. The lowest BCUT2D eigenvalue weighted by Gasteiger charge is -2.44. The van der Waals surface area contributed by atoms with Crippen LogP contribution >= 0.6 is 0 Å². The Bertz CT molecular complexity index is 517. The largest absolute Gasteiger partial charge is 0.395 e. The van der Waals surface area contributed by atoms with Gasteiger partial charge in [0.2, 0.25) is 0 Å². The Balaban J connectivity index is 1.95. The lowest BCUT2D eigenvalue weighted by atomic mass is 9.61. The van der Waals surface area contributed by atoms with Gasteiger partial charge < -0.3 is 5.11 Å². The van der Waals surface area contributed by atoms with Crippen LogP contribution in [0.2, 0.25) is 0 Å². The van der Waals surface area contributed by atoms with E-state index in [1.165, 1.54) is 17.6 Å². The fourth-order valence-corrected chi connectivity index (χ4v) is 3.96. The number of hydrogen-bond donors (Lipinski definition) is 1. The summed E-state index contributed by atoms with van der Waals surface area (Å²) < 4.78 is 0. The zero-order valence-corrected chi connectivity index (χ0v) is 11.8. The number of fused-ring (bicyclic) bond motifs is 1. The highest BCUT2D eigenvalue weighted by molar-refractivity contribution is 5.91. The van der Waals surface area contributed by atoms with Gasteiger partial charge in [-0.25, -0.2) is 0 Å². The first kappa shape index (κ1) is 13.6. The third-order valence-electron chi connectivity index (χ3n) is 5.00. The van der Waals surface area contributed by atoms with E-state index in [1.807, 2.05) is 24.3 Å². The van der Waals surface area contributed by atoms with E-state index < -0.39 is 0 Å². The molecule has 2 aliphatic carbocycles. The lowest BCUT2D eigenvalue weighted by Crippen LogP contribution is -2.39. The molecule has 2 nitrogen and oxygen atoms in total. The molecule has 20 heavy (non-hydrogen) atoms. The number of hydrogen-bond acceptors (Lipinski definition) is 2. The van der Waals surface area contributed by atoms with Crippen molar-refractivity contribution in [3.63, 3.8) is 0 Å². The standard InChI is InChI=1S/C18H22O2/c19-13-18(12-14-5-2-1-3-6-14)10-4-7-15-8-9-16(20)11-17(15)18/h1-3,5-6,11,15,19H,4,7-10,12-13H2.